The molecule has 0 amide bonds. The molecule has 3 atom stereocenters. The Balaban J connectivity index is 1.75. The third-order valence-corrected chi connectivity index (χ3v) is 5.32. The van der Waals surface area contributed by atoms with E-state index in [2.05, 4.69) is 0 Å². The van der Waals surface area contributed by atoms with Crippen LogP contribution in [0.15, 0.2) is 22.8 Å². The predicted molar refractivity (Wildman–Crippen MR) is 82.6 cm³/mol. The Bertz CT molecular complexity index is 566. The summed E-state index contributed by atoms with van der Waals surface area (Å²) in [4.78, 5) is 25.6. The van der Waals surface area contributed by atoms with E-state index in [-0.39, 0.29) is 22.5 Å². The van der Waals surface area contributed by atoms with Crippen molar-refractivity contribution < 1.29 is 19.1 Å². The number of thioether (sulfide) groups is 1. The van der Waals surface area contributed by atoms with Crippen molar-refractivity contribution in [2.45, 2.75) is 18.4 Å². The fourth-order valence-corrected chi connectivity index (χ4v) is 4.02. The summed E-state index contributed by atoms with van der Waals surface area (Å²) in [5.74, 6) is 0.997. The molecule has 2 fully saturated rings. The third-order valence-electron chi connectivity index (χ3n) is 3.94. The molecular formula is C14H15NO4S2. The van der Waals surface area contributed by atoms with Gasteiger partial charge in [0.1, 0.15) is 16.7 Å². The van der Waals surface area contributed by atoms with Crippen LogP contribution < -0.4 is 0 Å². The van der Waals surface area contributed by atoms with Gasteiger partial charge in [-0.15, -0.1) is 11.8 Å². The van der Waals surface area contributed by atoms with E-state index in [9.17, 15) is 9.59 Å². The summed E-state index contributed by atoms with van der Waals surface area (Å²) in [7, 11) is 0. The Kier molecular flexibility index (Phi) is 4.14. The summed E-state index contributed by atoms with van der Waals surface area (Å²) in [6.45, 7) is 0.701. The zero-order valence-electron chi connectivity index (χ0n) is 11.2. The molecule has 1 aliphatic carbocycles. The van der Waals surface area contributed by atoms with E-state index in [0.29, 0.717) is 18.8 Å². The monoisotopic (exact) mass is 325 g/mol. The van der Waals surface area contributed by atoms with Crippen molar-refractivity contribution >= 4 is 40.6 Å². The number of rotatable bonds is 6. The molecule has 1 saturated heterocycles. The van der Waals surface area contributed by atoms with Crippen LogP contribution in [0.4, 0.5) is 0 Å². The topological polar surface area (TPSA) is 70.7 Å². The summed E-state index contributed by atoms with van der Waals surface area (Å²) >= 11 is 6.69. The number of hydrogen-bond donors (Lipinski definition) is 1. The summed E-state index contributed by atoms with van der Waals surface area (Å²) in [5.41, 5.74) is 0. The first-order valence-corrected chi connectivity index (χ1v) is 8.32. The predicted octanol–water partition coefficient (Wildman–Crippen LogP) is 1.78. The number of hydrogen-bond acceptors (Lipinski definition) is 6. The molecule has 1 saturated carbocycles. The van der Waals surface area contributed by atoms with Gasteiger partial charge in [0.25, 0.3) is 0 Å². The summed E-state index contributed by atoms with van der Waals surface area (Å²) in [6, 6.07) is 2.87. The van der Waals surface area contributed by atoms with Crippen molar-refractivity contribution in [3.63, 3.8) is 0 Å². The van der Waals surface area contributed by atoms with Gasteiger partial charge in [0.2, 0.25) is 0 Å². The van der Waals surface area contributed by atoms with E-state index in [0.717, 1.165) is 11.5 Å². The molecule has 0 radical (unpaired) electrons. The molecule has 1 aromatic heterocycles. The van der Waals surface area contributed by atoms with Crippen LogP contribution in [0.5, 0.6) is 0 Å². The normalized spacial score (nSPS) is 26.5. The highest BCUT2D eigenvalue weighted by molar-refractivity contribution is 7.99. The van der Waals surface area contributed by atoms with Crippen LogP contribution in [-0.2, 0) is 9.59 Å². The van der Waals surface area contributed by atoms with Gasteiger partial charge in [-0.3, -0.25) is 9.69 Å². The molecule has 3 rings (SSSR count). The number of carbonyl (C=O) groups is 2. The van der Waals surface area contributed by atoms with E-state index < -0.39 is 12.0 Å². The number of carboxylic acids is 1. The second-order valence-corrected chi connectivity index (χ2v) is 6.80. The minimum absolute atomic E-state index is 0.0712. The molecule has 5 nitrogen and oxygen atoms in total. The lowest BCUT2D eigenvalue weighted by Gasteiger charge is -2.24. The second kappa shape index (κ2) is 5.90. The quantitative estimate of drug-likeness (QED) is 0.799. The fourth-order valence-electron chi connectivity index (χ4n) is 2.75. The molecular weight excluding hydrogens is 310 g/mol. The first-order chi connectivity index (χ1) is 10.1. The molecule has 1 aliphatic heterocycles. The Morgan fingerprint density at radius 2 is 2.33 bits per heavy atom. The van der Waals surface area contributed by atoms with Gasteiger partial charge in [-0.05, 0) is 18.6 Å². The molecule has 0 bridgehead atoms. The minimum Gasteiger partial charge on any atom is -0.477 e. The lowest BCUT2D eigenvalue weighted by Crippen LogP contribution is -2.48. The van der Waals surface area contributed by atoms with Crippen LogP contribution in [0, 0.1) is 5.92 Å². The maximum absolute atomic E-state index is 12.7. The van der Waals surface area contributed by atoms with Crippen molar-refractivity contribution in [1.29, 1.82) is 0 Å². The maximum Gasteiger partial charge on any atom is 0.344 e. The van der Waals surface area contributed by atoms with Gasteiger partial charge in [-0.25, -0.2) is 4.79 Å². The molecule has 7 heteroatoms. The lowest BCUT2D eigenvalue weighted by atomic mass is 10.0. The Morgan fingerprint density at radius 3 is 2.90 bits per heavy atom. The van der Waals surface area contributed by atoms with Crippen molar-refractivity contribution in [2.24, 2.45) is 5.92 Å². The first-order valence-electron chi connectivity index (χ1n) is 6.75. The molecule has 3 unspecified atom stereocenters. The second-order valence-electron chi connectivity index (χ2n) is 5.29. The van der Waals surface area contributed by atoms with Gasteiger partial charge < -0.3 is 9.52 Å². The number of ketones is 1. The van der Waals surface area contributed by atoms with Gasteiger partial charge in [0, 0.05) is 30.0 Å². The first kappa shape index (κ1) is 14.7. The molecule has 0 aromatic carbocycles. The van der Waals surface area contributed by atoms with E-state index in [1.807, 2.05) is 11.0 Å². The summed E-state index contributed by atoms with van der Waals surface area (Å²) in [5, 5.41) is 9.17. The summed E-state index contributed by atoms with van der Waals surface area (Å²) in [6.07, 6.45) is 2.30. The van der Waals surface area contributed by atoms with Crippen molar-refractivity contribution in [3.05, 3.63) is 24.2 Å². The SMILES string of the molecule is O=C(O)C(=S)C(C(=O)C1CC1c1ccco1)N1CCSC1. The van der Waals surface area contributed by atoms with Gasteiger partial charge in [-0.1, -0.05) is 12.2 Å². The molecule has 1 N–H and O–H groups in total. The van der Waals surface area contributed by atoms with E-state index in [1.54, 1.807) is 24.1 Å². The number of furan rings is 1. The number of thiocarbonyl (C=S) groups is 1. The van der Waals surface area contributed by atoms with Crippen LogP contribution in [-0.4, -0.2) is 50.8 Å². The van der Waals surface area contributed by atoms with Crippen LogP contribution in [0.25, 0.3) is 0 Å². The van der Waals surface area contributed by atoms with Crippen LogP contribution in [0.3, 0.4) is 0 Å². The average molecular weight is 325 g/mol. The highest BCUT2D eigenvalue weighted by Crippen LogP contribution is 2.49. The minimum atomic E-state index is -1.17. The number of nitrogens with zero attached hydrogens (tertiary/aromatic N) is 1. The molecule has 1 aromatic rings. The fraction of sp³-hybridized carbons (Fsp3) is 0.500. The number of carbonyl (C=O) groups excluding carboxylic acids is 1. The van der Waals surface area contributed by atoms with Crippen molar-refractivity contribution in [2.75, 3.05) is 18.2 Å². The number of carboxylic acid groups (broad SMARTS) is 1. The van der Waals surface area contributed by atoms with E-state index >= 15 is 0 Å². The highest BCUT2D eigenvalue weighted by atomic mass is 32.2. The zero-order chi connectivity index (χ0) is 15.0. The Morgan fingerprint density at radius 1 is 1.52 bits per heavy atom. The largest absolute Gasteiger partial charge is 0.477 e. The average Bonchev–Trinajstić information content (AvgIpc) is 2.90. The van der Waals surface area contributed by atoms with Gasteiger partial charge in [0.15, 0.2) is 5.78 Å². The number of Topliss-reactive ketones (excluding diaryl/α,β-unsaturated/α-hetero) is 1. The Labute approximate surface area is 131 Å². The van der Waals surface area contributed by atoms with E-state index in [1.165, 1.54) is 0 Å². The number of aliphatic carboxylic acids is 1. The zero-order valence-corrected chi connectivity index (χ0v) is 12.9. The van der Waals surface area contributed by atoms with E-state index in [4.69, 9.17) is 21.7 Å². The van der Waals surface area contributed by atoms with Gasteiger partial charge in [-0.2, -0.15) is 0 Å². The van der Waals surface area contributed by atoms with Crippen molar-refractivity contribution in [3.8, 4) is 0 Å². The maximum atomic E-state index is 12.7. The summed E-state index contributed by atoms with van der Waals surface area (Å²) < 4.78 is 5.33. The molecule has 2 aliphatic rings. The highest BCUT2D eigenvalue weighted by Gasteiger charge is 2.50. The molecule has 112 valence electrons. The molecule has 2 heterocycles. The molecule has 0 spiro atoms. The third kappa shape index (κ3) is 2.90. The Hall–Kier alpha value is -1.18. The van der Waals surface area contributed by atoms with Gasteiger partial charge >= 0.3 is 5.97 Å². The van der Waals surface area contributed by atoms with Crippen LogP contribution in [0.2, 0.25) is 0 Å². The van der Waals surface area contributed by atoms with Gasteiger partial charge in [0.05, 0.1) is 6.26 Å². The van der Waals surface area contributed by atoms with Crippen molar-refractivity contribution in [1.82, 2.24) is 4.90 Å². The van der Waals surface area contributed by atoms with Crippen LogP contribution >= 0.6 is 24.0 Å². The lowest BCUT2D eigenvalue weighted by molar-refractivity contribution is -0.131. The standard InChI is InChI=1S/C14H15NO4S2/c16-12(9-6-8(9)10-2-1-4-19-10)11(13(20)14(17)18)15-3-5-21-7-15/h1-2,4,8-9,11H,3,5-7H2,(H,17,18). The van der Waals surface area contributed by atoms with Crippen LogP contribution in [0.1, 0.15) is 18.1 Å². The smallest absolute Gasteiger partial charge is 0.344 e. The molecule has 21 heavy (non-hydrogen) atoms.